The molecule has 1 unspecified atom stereocenters. The van der Waals surface area contributed by atoms with Crippen LogP contribution in [0.15, 0.2) is 24.3 Å². The molecule has 0 aromatic heterocycles. The van der Waals surface area contributed by atoms with Gasteiger partial charge >= 0.3 is 0 Å². The minimum Gasteiger partial charge on any atom is -0.492 e. The van der Waals surface area contributed by atoms with E-state index in [1.165, 1.54) is 0 Å². The number of nitrogens with two attached hydrogens (primary N) is 1. The summed E-state index contributed by atoms with van der Waals surface area (Å²) < 4.78 is 36.8. The monoisotopic (exact) mass is 300 g/mol. The van der Waals surface area contributed by atoms with E-state index in [4.69, 9.17) is 15.2 Å². The lowest BCUT2D eigenvalue weighted by molar-refractivity contribution is 0.114. The van der Waals surface area contributed by atoms with Gasteiger partial charge in [0, 0.05) is 18.8 Å². The molecule has 1 aromatic carbocycles. The largest absolute Gasteiger partial charge is 0.492 e. The quantitative estimate of drug-likeness (QED) is 0.725. The molecule has 2 rings (SSSR count). The number of anilines is 1. The Morgan fingerprint density at radius 2 is 2.10 bits per heavy atom. The maximum absolute atomic E-state index is 11.8. The topological polar surface area (TPSA) is 90.7 Å². The lowest BCUT2D eigenvalue weighted by atomic mass is 10.2. The van der Waals surface area contributed by atoms with Crippen molar-refractivity contribution in [3.63, 3.8) is 0 Å². The Morgan fingerprint density at radius 1 is 1.35 bits per heavy atom. The van der Waals surface area contributed by atoms with Gasteiger partial charge in [0.05, 0.1) is 11.9 Å². The van der Waals surface area contributed by atoms with E-state index in [2.05, 4.69) is 4.72 Å². The summed E-state index contributed by atoms with van der Waals surface area (Å²) in [4.78, 5) is 0. The van der Waals surface area contributed by atoms with Gasteiger partial charge in [-0.2, -0.15) is 0 Å². The van der Waals surface area contributed by atoms with Gasteiger partial charge in [0.25, 0.3) is 0 Å². The molecule has 1 aliphatic heterocycles. The maximum atomic E-state index is 11.8. The Hall–Kier alpha value is -1.31. The first-order valence-corrected chi connectivity index (χ1v) is 8.28. The second-order valence-electron chi connectivity index (χ2n) is 4.72. The van der Waals surface area contributed by atoms with Crippen LogP contribution in [0.5, 0.6) is 5.75 Å². The summed E-state index contributed by atoms with van der Waals surface area (Å²) in [5, 5.41) is 0. The van der Waals surface area contributed by atoms with Crippen molar-refractivity contribution in [2.45, 2.75) is 18.9 Å². The Labute approximate surface area is 119 Å². The average Bonchev–Trinajstić information content (AvgIpc) is 2.92. The lowest BCUT2D eigenvalue weighted by Crippen LogP contribution is -2.34. The number of ether oxygens (including phenoxy) is 2. The number of rotatable bonds is 7. The normalized spacial score (nSPS) is 19.1. The number of nitrogen functional groups attached to an aromatic ring is 1. The predicted molar refractivity (Wildman–Crippen MR) is 77.1 cm³/mol. The smallest absolute Gasteiger partial charge is 0.215 e. The van der Waals surface area contributed by atoms with Crippen molar-refractivity contribution in [1.29, 1.82) is 0 Å². The second-order valence-corrected chi connectivity index (χ2v) is 6.65. The van der Waals surface area contributed by atoms with Gasteiger partial charge in [0.15, 0.2) is 0 Å². The third-order valence-electron chi connectivity index (χ3n) is 3.06. The highest BCUT2D eigenvalue weighted by Crippen LogP contribution is 2.13. The van der Waals surface area contributed by atoms with Crippen LogP contribution in [0.4, 0.5) is 5.69 Å². The first-order chi connectivity index (χ1) is 9.55. The van der Waals surface area contributed by atoms with Crippen molar-refractivity contribution >= 4 is 15.7 Å². The van der Waals surface area contributed by atoms with Gasteiger partial charge in [0.2, 0.25) is 10.0 Å². The molecule has 20 heavy (non-hydrogen) atoms. The number of nitrogens with one attached hydrogen (secondary N) is 1. The van der Waals surface area contributed by atoms with Crippen LogP contribution in [0.1, 0.15) is 12.8 Å². The molecular formula is C13H20N2O4S. The van der Waals surface area contributed by atoms with Gasteiger partial charge in [-0.15, -0.1) is 0 Å². The predicted octanol–water partition coefficient (Wildman–Crippen LogP) is 0.746. The molecule has 0 amide bonds. The van der Waals surface area contributed by atoms with E-state index in [1.807, 2.05) is 0 Å². The van der Waals surface area contributed by atoms with Gasteiger partial charge in [-0.05, 0) is 37.1 Å². The number of hydrogen-bond acceptors (Lipinski definition) is 5. The first-order valence-electron chi connectivity index (χ1n) is 6.62. The van der Waals surface area contributed by atoms with E-state index >= 15 is 0 Å². The van der Waals surface area contributed by atoms with E-state index < -0.39 is 10.0 Å². The van der Waals surface area contributed by atoms with Crippen LogP contribution in [0.25, 0.3) is 0 Å². The van der Waals surface area contributed by atoms with E-state index in [1.54, 1.807) is 24.3 Å². The van der Waals surface area contributed by atoms with E-state index in [0.717, 1.165) is 12.8 Å². The zero-order chi connectivity index (χ0) is 14.4. The third-order valence-corrected chi connectivity index (χ3v) is 4.37. The van der Waals surface area contributed by atoms with Crippen molar-refractivity contribution in [2.24, 2.45) is 0 Å². The fraction of sp³-hybridized carbons (Fsp3) is 0.538. The van der Waals surface area contributed by atoms with Crippen LogP contribution in [0.2, 0.25) is 0 Å². The maximum Gasteiger partial charge on any atom is 0.215 e. The molecule has 1 atom stereocenters. The summed E-state index contributed by atoms with van der Waals surface area (Å²) in [5.74, 6) is 0.526. The van der Waals surface area contributed by atoms with Crippen LogP contribution in [0, 0.1) is 0 Å². The van der Waals surface area contributed by atoms with Crippen LogP contribution in [-0.4, -0.2) is 40.0 Å². The Kier molecular flexibility index (Phi) is 5.22. The highest BCUT2D eigenvalue weighted by Gasteiger charge is 2.18. The highest BCUT2D eigenvalue weighted by atomic mass is 32.2. The summed E-state index contributed by atoms with van der Waals surface area (Å²) >= 11 is 0. The molecule has 0 saturated carbocycles. The first kappa shape index (κ1) is 15.1. The molecule has 0 radical (unpaired) electrons. The summed E-state index contributed by atoms with van der Waals surface area (Å²) in [6.07, 6.45) is 1.90. The van der Waals surface area contributed by atoms with Crippen LogP contribution in [-0.2, 0) is 14.8 Å². The molecule has 1 aliphatic rings. The zero-order valence-electron chi connectivity index (χ0n) is 11.2. The van der Waals surface area contributed by atoms with Gasteiger partial charge in [-0.3, -0.25) is 0 Å². The Bertz CT molecular complexity index is 510. The molecular weight excluding hydrogens is 280 g/mol. The molecule has 3 N–H and O–H groups in total. The molecule has 7 heteroatoms. The van der Waals surface area contributed by atoms with Crippen molar-refractivity contribution in [3.8, 4) is 5.75 Å². The van der Waals surface area contributed by atoms with Gasteiger partial charge in [0.1, 0.15) is 12.4 Å². The second kappa shape index (κ2) is 6.92. The molecule has 0 spiro atoms. The molecule has 0 aliphatic carbocycles. The van der Waals surface area contributed by atoms with Crippen molar-refractivity contribution in [3.05, 3.63) is 24.3 Å². The lowest BCUT2D eigenvalue weighted by Gasteiger charge is -2.12. The molecule has 1 saturated heterocycles. The molecule has 1 aromatic rings. The van der Waals surface area contributed by atoms with Crippen molar-refractivity contribution in [1.82, 2.24) is 4.72 Å². The van der Waals surface area contributed by atoms with Gasteiger partial charge < -0.3 is 15.2 Å². The molecule has 1 heterocycles. The molecule has 112 valence electrons. The zero-order valence-corrected chi connectivity index (χ0v) is 12.1. The molecule has 0 bridgehead atoms. The van der Waals surface area contributed by atoms with Crippen LogP contribution >= 0.6 is 0 Å². The van der Waals surface area contributed by atoms with Crippen LogP contribution < -0.4 is 15.2 Å². The fourth-order valence-electron chi connectivity index (χ4n) is 1.93. The molecule has 6 nitrogen and oxygen atoms in total. The van der Waals surface area contributed by atoms with E-state index in [-0.39, 0.29) is 18.5 Å². The number of benzene rings is 1. The summed E-state index contributed by atoms with van der Waals surface area (Å²) in [6, 6.07) is 6.84. The van der Waals surface area contributed by atoms with Crippen molar-refractivity contribution in [2.75, 3.05) is 31.2 Å². The van der Waals surface area contributed by atoms with Gasteiger partial charge in [-0.25, -0.2) is 13.1 Å². The number of hydrogen-bond donors (Lipinski definition) is 2. The summed E-state index contributed by atoms with van der Waals surface area (Å²) in [5.41, 5.74) is 6.19. The summed E-state index contributed by atoms with van der Waals surface area (Å²) in [7, 11) is -3.33. The minimum atomic E-state index is -3.33. The SMILES string of the molecule is Nc1ccc(OCCS(=O)(=O)NCC2CCCO2)cc1. The third kappa shape index (κ3) is 4.99. The summed E-state index contributed by atoms with van der Waals surface area (Å²) in [6.45, 7) is 1.15. The van der Waals surface area contributed by atoms with Crippen molar-refractivity contribution < 1.29 is 17.9 Å². The van der Waals surface area contributed by atoms with E-state index in [0.29, 0.717) is 24.6 Å². The average molecular weight is 300 g/mol. The standard InChI is InChI=1S/C13H20N2O4S/c14-11-3-5-12(6-4-11)19-8-9-20(16,17)15-10-13-2-1-7-18-13/h3-6,13,15H,1-2,7-10,14H2. The number of sulfonamides is 1. The minimum absolute atomic E-state index is 0.00259. The van der Waals surface area contributed by atoms with Crippen LogP contribution in [0.3, 0.4) is 0 Å². The van der Waals surface area contributed by atoms with E-state index in [9.17, 15) is 8.42 Å². The highest BCUT2D eigenvalue weighted by molar-refractivity contribution is 7.89. The Balaban J connectivity index is 1.70. The fourth-order valence-corrected chi connectivity index (χ4v) is 2.82. The Morgan fingerprint density at radius 3 is 2.75 bits per heavy atom. The molecule has 1 fully saturated rings. The van der Waals surface area contributed by atoms with Gasteiger partial charge in [-0.1, -0.05) is 0 Å².